The molecule has 0 bridgehead atoms. The van der Waals surface area contributed by atoms with E-state index in [1.807, 2.05) is 0 Å². The minimum absolute atomic E-state index is 0.0167. The third-order valence-electron chi connectivity index (χ3n) is 3.35. The maximum atomic E-state index is 12.3. The second-order valence-electron chi connectivity index (χ2n) is 4.90. The average molecular weight is 357 g/mol. The fourth-order valence-corrected chi connectivity index (χ4v) is 2.61. The summed E-state index contributed by atoms with van der Waals surface area (Å²) in [5.74, 6) is -0.891. The number of hydrogen-bond acceptors (Lipinski definition) is 4. The first-order valence-corrected chi connectivity index (χ1v) is 7.59. The lowest BCUT2D eigenvalue weighted by Gasteiger charge is -2.31. The number of halogens is 1. The average Bonchev–Trinajstić information content (AvgIpc) is 2.47. The maximum Gasteiger partial charge on any atom is 0.305 e. The van der Waals surface area contributed by atoms with Crippen molar-refractivity contribution in [1.82, 2.24) is 9.88 Å². The van der Waals surface area contributed by atoms with Gasteiger partial charge in [-0.15, -0.1) is 0 Å². The van der Waals surface area contributed by atoms with Crippen LogP contribution in [0.2, 0.25) is 0 Å². The number of rotatable bonds is 5. The van der Waals surface area contributed by atoms with Crippen molar-refractivity contribution in [3.8, 4) is 0 Å². The van der Waals surface area contributed by atoms with Crippen molar-refractivity contribution in [1.29, 1.82) is 0 Å². The molecule has 0 aliphatic carbocycles. The Balaban J connectivity index is 1.81. The van der Waals surface area contributed by atoms with Gasteiger partial charge >= 0.3 is 5.97 Å². The zero-order valence-corrected chi connectivity index (χ0v) is 13.1. The van der Waals surface area contributed by atoms with Crippen molar-refractivity contribution >= 4 is 27.8 Å². The third-order valence-corrected chi connectivity index (χ3v) is 3.78. The Labute approximate surface area is 131 Å². The second kappa shape index (κ2) is 7.51. The van der Waals surface area contributed by atoms with Gasteiger partial charge in [0.1, 0.15) is 0 Å². The second-order valence-corrected chi connectivity index (χ2v) is 5.81. The zero-order chi connectivity index (χ0) is 15.2. The van der Waals surface area contributed by atoms with Gasteiger partial charge in [0.25, 0.3) is 5.91 Å². The van der Waals surface area contributed by atoms with Gasteiger partial charge in [0, 0.05) is 30.0 Å². The van der Waals surface area contributed by atoms with E-state index in [0.29, 0.717) is 18.7 Å². The number of hydrogen-bond donors (Lipinski definition) is 1. The smallest absolute Gasteiger partial charge is 0.305 e. The summed E-state index contributed by atoms with van der Waals surface area (Å²) in [7, 11) is 0. The first-order chi connectivity index (χ1) is 10.1. The van der Waals surface area contributed by atoms with Crippen LogP contribution in [0.5, 0.6) is 0 Å². The highest BCUT2D eigenvalue weighted by Gasteiger charge is 2.24. The van der Waals surface area contributed by atoms with Gasteiger partial charge in [-0.1, -0.05) is 0 Å². The van der Waals surface area contributed by atoms with Gasteiger partial charge in [-0.25, -0.2) is 0 Å². The predicted octanol–water partition coefficient (Wildman–Crippen LogP) is 1.94. The lowest BCUT2D eigenvalue weighted by atomic mass is 10.1. The number of piperidine rings is 1. The molecule has 1 aliphatic rings. The summed E-state index contributed by atoms with van der Waals surface area (Å²) in [6.45, 7) is 1.45. The number of aromatic nitrogens is 1. The summed E-state index contributed by atoms with van der Waals surface area (Å²) in [6, 6.07) is 1.75. The molecule has 0 aromatic carbocycles. The molecule has 1 aromatic rings. The van der Waals surface area contributed by atoms with Gasteiger partial charge < -0.3 is 14.7 Å². The number of carbonyl (C=O) groups excluding carboxylic acids is 1. The molecule has 1 saturated heterocycles. The Hall–Kier alpha value is -1.47. The van der Waals surface area contributed by atoms with Crippen LogP contribution in [-0.2, 0) is 9.53 Å². The van der Waals surface area contributed by atoms with Crippen LogP contribution < -0.4 is 0 Å². The summed E-state index contributed by atoms with van der Waals surface area (Å²) >= 11 is 3.30. The molecule has 2 heterocycles. The van der Waals surface area contributed by atoms with Gasteiger partial charge in [-0.3, -0.25) is 14.6 Å². The summed E-state index contributed by atoms with van der Waals surface area (Å²) in [5, 5.41) is 8.56. The van der Waals surface area contributed by atoms with Crippen LogP contribution in [0.3, 0.4) is 0 Å². The van der Waals surface area contributed by atoms with Gasteiger partial charge in [-0.2, -0.15) is 0 Å². The number of carboxylic acid groups (broad SMARTS) is 1. The predicted molar refractivity (Wildman–Crippen MR) is 79.1 cm³/mol. The molecule has 0 saturated carbocycles. The van der Waals surface area contributed by atoms with Crippen molar-refractivity contribution in [2.24, 2.45) is 0 Å². The number of amides is 1. The van der Waals surface area contributed by atoms with E-state index in [2.05, 4.69) is 20.9 Å². The van der Waals surface area contributed by atoms with E-state index in [1.54, 1.807) is 23.4 Å². The monoisotopic (exact) mass is 356 g/mol. The molecule has 1 fully saturated rings. The Kier molecular flexibility index (Phi) is 5.69. The Morgan fingerprint density at radius 2 is 2.10 bits per heavy atom. The quantitative estimate of drug-likeness (QED) is 0.871. The number of ether oxygens (including phenoxy) is 1. The number of carbonyl (C=O) groups is 2. The molecule has 1 aromatic heterocycles. The van der Waals surface area contributed by atoms with Crippen LogP contribution in [0, 0.1) is 0 Å². The maximum absolute atomic E-state index is 12.3. The summed E-state index contributed by atoms with van der Waals surface area (Å²) in [5.41, 5.74) is 0.564. The van der Waals surface area contributed by atoms with Crippen molar-refractivity contribution in [2.75, 3.05) is 19.7 Å². The summed E-state index contributed by atoms with van der Waals surface area (Å²) < 4.78 is 6.29. The molecule has 0 radical (unpaired) electrons. The van der Waals surface area contributed by atoms with Crippen molar-refractivity contribution < 1.29 is 19.4 Å². The first-order valence-electron chi connectivity index (χ1n) is 6.79. The molecular weight excluding hydrogens is 340 g/mol. The van der Waals surface area contributed by atoms with Crippen LogP contribution in [0.1, 0.15) is 29.6 Å². The van der Waals surface area contributed by atoms with E-state index >= 15 is 0 Å². The molecule has 1 amide bonds. The number of nitrogens with zero attached hydrogens (tertiary/aromatic N) is 2. The highest BCUT2D eigenvalue weighted by molar-refractivity contribution is 9.10. The van der Waals surface area contributed by atoms with Crippen molar-refractivity contribution in [2.45, 2.75) is 25.4 Å². The fourth-order valence-electron chi connectivity index (χ4n) is 2.25. The number of carboxylic acids is 1. The summed E-state index contributed by atoms with van der Waals surface area (Å²) in [4.78, 5) is 28.5. The number of likely N-dealkylation sites (tertiary alicyclic amines) is 1. The molecule has 0 spiro atoms. The van der Waals surface area contributed by atoms with E-state index in [-0.39, 0.29) is 25.0 Å². The minimum Gasteiger partial charge on any atom is -0.481 e. The molecule has 2 rings (SSSR count). The minimum atomic E-state index is -0.857. The van der Waals surface area contributed by atoms with Gasteiger partial charge in [-0.05, 0) is 34.8 Å². The summed E-state index contributed by atoms with van der Waals surface area (Å²) in [6.07, 6.45) is 4.71. The fraction of sp³-hybridized carbons (Fsp3) is 0.500. The van der Waals surface area contributed by atoms with E-state index in [4.69, 9.17) is 9.84 Å². The van der Waals surface area contributed by atoms with Crippen LogP contribution in [0.25, 0.3) is 0 Å². The molecule has 6 nitrogen and oxygen atoms in total. The molecule has 21 heavy (non-hydrogen) atoms. The van der Waals surface area contributed by atoms with Crippen LogP contribution in [0.4, 0.5) is 0 Å². The van der Waals surface area contributed by atoms with Crippen LogP contribution in [0.15, 0.2) is 22.9 Å². The highest BCUT2D eigenvalue weighted by Crippen LogP contribution is 2.18. The zero-order valence-electron chi connectivity index (χ0n) is 11.5. The molecular formula is C14H17BrN2O4. The Morgan fingerprint density at radius 1 is 1.38 bits per heavy atom. The first kappa shape index (κ1) is 15.9. The third kappa shape index (κ3) is 4.78. The lowest BCUT2D eigenvalue weighted by Crippen LogP contribution is -2.41. The molecule has 7 heteroatoms. The van der Waals surface area contributed by atoms with Crippen molar-refractivity contribution in [3.63, 3.8) is 0 Å². The van der Waals surface area contributed by atoms with Gasteiger partial charge in [0.05, 0.1) is 24.7 Å². The molecule has 1 N–H and O–H groups in total. The van der Waals surface area contributed by atoms with Crippen LogP contribution in [-0.4, -0.2) is 52.7 Å². The van der Waals surface area contributed by atoms with E-state index in [0.717, 1.165) is 17.3 Å². The molecule has 1 aliphatic heterocycles. The standard InChI is InChI=1S/C14H17BrN2O4/c15-11-7-10(8-16-9-11)14(20)17-4-1-12(2-5-17)21-6-3-13(18)19/h7-9,12H,1-6H2,(H,18,19). The number of aliphatic carboxylic acids is 1. The van der Waals surface area contributed by atoms with E-state index < -0.39 is 5.97 Å². The topological polar surface area (TPSA) is 79.7 Å². The molecule has 0 unspecified atom stereocenters. The number of pyridine rings is 1. The molecule has 0 atom stereocenters. The highest BCUT2D eigenvalue weighted by atomic mass is 79.9. The SMILES string of the molecule is O=C(O)CCOC1CCN(C(=O)c2cncc(Br)c2)CC1. The Bertz CT molecular complexity index is 515. The van der Waals surface area contributed by atoms with E-state index in [1.165, 1.54) is 0 Å². The van der Waals surface area contributed by atoms with Crippen LogP contribution >= 0.6 is 15.9 Å². The van der Waals surface area contributed by atoms with Gasteiger partial charge in [0.2, 0.25) is 0 Å². The molecule has 114 valence electrons. The lowest BCUT2D eigenvalue weighted by molar-refractivity contribution is -0.138. The van der Waals surface area contributed by atoms with E-state index in [9.17, 15) is 9.59 Å². The normalized spacial score (nSPS) is 16.0. The van der Waals surface area contributed by atoms with Gasteiger partial charge in [0.15, 0.2) is 0 Å². The largest absolute Gasteiger partial charge is 0.481 e. The Morgan fingerprint density at radius 3 is 2.71 bits per heavy atom. The van der Waals surface area contributed by atoms with Crippen molar-refractivity contribution in [3.05, 3.63) is 28.5 Å².